The molecular formula is C13H11BrClFS. The number of benzene rings is 1. The Kier molecular flexibility index (Phi) is 3.91. The minimum absolute atomic E-state index is 0.252. The van der Waals surface area contributed by atoms with Crippen molar-refractivity contribution in [1.29, 1.82) is 0 Å². The standard InChI is InChI=1S/C13H11BrClFS/c1-7-3-4-11(16)9(5-7)13(15)12-6-10(14)8(2)17-12/h3-6,13H,1-2H3. The van der Waals surface area contributed by atoms with Crippen LogP contribution in [-0.4, -0.2) is 0 Å². The summed E-state index contributed by atoms with van der Waals surface area (Å²) in [7, 11) is 0. The second-order valence-corrected chi connectivity index (χ2v) is 6.52. The van der Waals surface area contributed by atoms with Crippen LogP contribution in [0.25, 0.3) is 0 Å². The van der Waals surface area contributed by atoms with Gasteiger partial charge in [0.1, 0.15) is 5.82 Å². The summed E-state index contributed by atoms with van der Waals surface area (Å²) < 4.78 is 14.7. The Morgan fingerprint density at radius 3 is 2.59 bits per heavy atom. The fourth-order valence-corrected chi connectivity index (χ4v) is 3.54. The summed E-state index contributed by atoms with van der Waals surface area (Å²) in [6, 6.07) is 6.98. The van der Waals surface area contributed by atoms with Crippen molar-refractivity contribution in [3.8, 4) is 0 Å². The fourth-order valence-electron chi connectivity index (χ4n) is 1.62. The molecular weight excluding hydrogens is 323 g/mol. The number of hydrogen-bond acceptors (Lipinski definition) is 1. The first-order chi connectivity index (χ1) is 7.99. The maximum absolute atomic E-state index is 13.7. The Bertz CT molecular complexity index is 531. The third-order valence-electron chi connectivity index (χ3n) is 2.55. The van der Waals surface area contributed by atoms with Gasteiger partial charge in [0.05, 0.1) is 5.38 Å². The molecule has 1 atom stereocenters. The molecule has 1 unspecified atom stereocenters. The zero-order chi connectivity index (χ0) is 12.6. The van der Waals surface area contributed by atoms with Gasteiger partial charge in [-0.15, -0.1) is 22.9 Å². The third-order valence-corrected chi connectivity index (χ3v) is 5.35. The van der Waals surface area contributed by atoms with Gasteiger partial charge in [0, 0.05) is 19.8 Å². The molecule has 90 valence electrons. The van der Waals surface area contributed by atoms with E-state index in [1.165, 1.54) is 6.07 Å². The van der Waals surface area contributed by atoms with Gasteiger partial charge in [-0.2, -0.15) is 0 Å². The molecule has 0 bridgehead atoms. The lowest BCUT2D eigenvalue weighted by Crippen LogP contribution is -1.95. The van der Waals surface area contributed by atoms with Crippen molar-refractivity contribution in [3.63, 3.8) is 0 Å². The minimum atomic E-state index is -0.426. The Hall–Kier alpha value is -0.380. The molecule has 0 saturated heterocycles. The fraction of sp³-hybridized carbons (Fsp3) is 0.231. The van der Waals surface area contributed by atoms with Crippen molar-refractivity contribution in [2.75, 3.05) is 0 Å². The van der Waals surface area contributed by atoms with Gasteiger partial charge in [0.15, 0.2) is 0 Å². The largest absolute Gasteiger partial charge is 0.207 e. The second kappa shape index (κ2) is 5.09. The normalized spacial score (nSPS) is 12.8. The van der Waals surface area contributed by atoms with E-state index in [4.69, 9.17) is 11.6 Å². The van der Waals surface area contributed by atoms with E-state index in [9.17, 15) is 4.39 Å². The predicted molar refractivity (Wildman–Crippen MR) is 75.6 cm³/mol. The molecule has 2 aromatic rings. The molecule has 0 aliphatic heterocycles. The van der Waals surface area contributed by atoms with Crippen LogP contribution in [0.5, 0.6) is 0 Å². The number of aryl methyl sites for hydroxylation is 2. The summed E-state index contributed by atoms with van der Waals surface area (Å²) in [4.78, 5) is 2.11. The lowest BCUT2D eigenvalue weighted by molar-refractivity contribution is 0.612. The second-order valence-electron chi connectivity index (χ2n) is 3.94. The van der Waals surface area contributed by atoms with Gasteiger partial charge in [-0.05, 0) is 41.9 Å². The van der Waals surface area contributed by atoms with Crippen molar-refractivity contribution < 1.29 is 4.39 Å². The highest BCUT2D eigenvalue weighted by atomic mass is 79.9. The van der Waals surface area contributed by atoms with Crippen LogP contribution in [0.1, 0.15) is 26.3 Å². The smallest absolute Gasteiger partial charge is 0.128 e. The molecule has 0 aliphatic carbocycles. The summed E-state index contributed by atoms with van der Waals surface area (Å²) in [5.41, 5.74) is 1.56. The third kappa shape index (κ3) is 2.72. The first kappa shape index (κ1) is 13.1. The van der Waals surface area contributed by atoms with Crippen molar-refractivity contribution in [1.82, 2.24) is 0 Å². The Balaban J connectivity index is 2.42. The van der Waals surface area contributed by atoms with Gasteiger partial charge in [-0.3, -0.25) is 0 Å². The average Bonchev–Trinajstić information content (AvgIpc) is 2.62. The maximum atomic E-state index is 13.7. The van der Waals surface area contributed by atoms with Crippen LogP contribution >= 0.6 is 38.9 Å². The molecule has 17 heavy (non-hydrogen) atoms. The number of alkyl halides is 1. The summed E-state index contributed by atoms with van der Waals surface area (Å²) >= 11 is 11.4. The van der Waals surface area contributed by atoms with E-state index in [1.54, 1.807) is 23.5 Å². The first-order valence-electron chi connectivity index (χ1n) is 5.15. The number of halogens is 3. The van der Waals surface area contributed by atoms with Crippen LogP contribution in [-0.2, 0) is 0 Å². The molecule has 0 amide bonds. The van der Waals surface area contributed by atoms with Crippen molar-refractivity contribution in [2.45, 2.75) is 19.2 Å². The highest BCUT2D eigenvalue weighted by molar-refractivity contribution is 9.10. The van der Waals surface area contributed by atoms with Crippen molar-refractivity contribution >= 4 is 38.9 Å². The zero-order valence-electron chi connectivity index (χ0n) is 9.43. The number of thiophene rings is 1. The van der Waals surface area contributed by atoms with Gasteiger partial charge in [0.2, 0.25) is 0 Å². The van der Waals surface area contributed by atoms with Gasteiger partial charge in [0.25, 0.3) is 0 Å². The van der Waals surface area contributed by atoms with Crippen LogP contribution < -0.4 is 0 Å². The lowest BCUT2D eigenvalue weighted by atomic mass is 10.1. The predicted octanol–water partition coefficient (Wildman–Crippen LogP) is 5.59. The molecule has 0 N–H and O–H groups in total. The summed E-state index contributed by atoms with van der Waals surface area (Å²) in [6.07, 6.45) is 0. The molecule has 1 aromatic heterocycles. The van der Waals surface area contributed by atoms with Crippen LogP contribution in [0.3, 0.4) is 0 Å². The van der Waals surface area contributed by atoms with E-state index in [0.29, 0.717) is 5.56 Å². The summed E-state index contributed by atoms with van der Waals surface area (Å²) in [5, 5.41) is -0.426. The molecule has 0 aliphatic rings. The molecule has 1 heterocycles. The highest BCUT2D eigenvalue weighted by Gasteiger charge is 2.18. The highest BCUT2D eigenvalue weighted by Crippen LogP contribution is 2.38. The summed E-state index contributed by atoms with van der Waals surface area (Å²) in [6.45, 7) is 3.94. The number of hydrogen-bond donors (Lipinski definition) is 0. The molecule has 0 nitrogen and oxygen atoms in total. The molecule has 0 radical (unpaired) electrons. The van der Waals surface area contributed by atoms with E-state index >= 15 is 0 Å². The van der Waals surface area contributed by atoms with Gasteiger partial charge in [-0.25, -0.2) is 4.39 Å². The molecule has 1 aromatic carbocycles. The van der Waals surface area contributed by atoms with Crippen LogP contribution in [0.2, 0.25) is 0 Å². The molecule has 4 heteroatoms. The Labute approximate surface area is 118 Å². The first-order valence-corrected chi connectivity index (χ1v) is 7.19. The monoisotopic (exact) mass is 332 g/mol. The molecule has 0 spiro atoms. The number of rotatable bonds is 2. The Morgan fingerprint density at radius 1 is 1.29 bits per heavy atom. The van der Waals surface area contributed by atoms with Crippen molar-refractivity contribution in [3.05, 3.63) is 55.4 Å². The quantitative estimate of drug-likeness (QED) is 0.628. The average molecular weight is 334 g/mol. The van der Waals surface area contributed by atoms with Crippen molar-refractivity contribution in [2.24, 2.45) is 0 Å². The Morgan fingerprint density at radius 2 is 2.00 bits per heavy atom. The topological polar surface area (TPSA) is 0 Å². The maximum Gasteiger partial charge on any atom is 0.128 e. The van der Waals surface area contributed by atoms with E-state index in [-0.39, 0.29) is 5.82 Å². The van der Waals surface area contributed by atoms with Gasteiger partial charge in [-0.1, -0.05) is 17.7 Å². The minimum Gasteiger partial charge on any atom is -0.207 e. The van der Waals surface area contributed by atoms with E-state index in [2.05, 4.69) is 15.9 Å². The van der Waals surface area contributed by atoms with Gasteiger partial charge >= 0.3 is 0 Å². The lowest BCUT2D eigenvalue weighted by Gasteiger charge is -2.09. The summed E-state index contributed by atoms with van der Waals surface area (Å²) in [5.74, 6) is -0.252. The molecule has 0 fully saturated rings. The van der Waals surface area contributed by atoms with E-state index in [1.807, 2.05) is 19.9 Å². The van der Waals surface area contributed by atoms with Crippen LogP contribution in [0.4, 0.5) is 4.39 Å². The van der Waals surface area contributed by atoms with Crippen LogP contribution in [0.15, 0.2) is 28.7 Å². The van der Waals surface area contributed by atoms with Gasteiger partial charge < -0.3 is 0 Å². The van der Waals surface area contributed by atoms with Crippen LogP contribution in [0, 0.1) is 19.7 Å². The SMILES string of the molecule is Cc1ccc(F)c(C(Cl)c2cc(Br)c(C)s2)c1. The molecule has 2 rings (SSSR count). The molecule has 0 saturated carbocycles. The van der Waals surface area contributed by atoms with E-state index < -0.39 is 5.38 Å². The zero-order valence-corrected chi connectivity index (χ0v) is 12.6. The van der Waals surface area contributed by atoms with E-state index in [0.717, 1.165) is 19.8 Å².